The lowest BCUT2D eigenvalue weighted by Crippen LogP contribution is -2.23. The van der Waals surface area contributed by atoms with Gasteiger partial charge in [-0.15, -0.1) is 11.3 Å². The molecule has 0 amide bonds. The molecule has 0 aliphatic carbocycles. The van der Waals surface area contributed by atoms with Gasteiger partial charge >= 0.3 is 0 Å². The summed E-state index contributed by atoms with van der Waals surface area (Å²) in [4.78, 5) is 4.51. The minimum Gasteiger partial charge on any atom is -0.468 e. The van der Waals surface area contributed by atoms with Crippen molar-refractivity contribution < 1.29 is 4.42 Å². The largest absolute Gasteiger partial charge is 0.468 e. The predicted molar refractivity (Wildman–Crippen MR) is 70.3 cm³/mol. The maximum Gasteiger partial charge on any atom is 0.121 e. The van der Waals surface area contributed by atoms with Gasteiger partial charge < -0.3 is 9.73 Å². The van der Waals surface area contributed by atoms with Gasteiger partial charge in [0.25, 0.3) is 0 Å². The molecule has 2 aromatic rings. The molecule has 0 saturated carbocycles. The third kappa shape index (κ3) is 3.41. The summed E-state index contributed by atoms with van der Waals surface area (Å²) in [6.45, 7) is 5.19. The molecule has 2 heterocycles. The van der Waals surface area contributed by atoms with E-state index in [0.717, 1.165) is 35.8 Å². The Morgan fingerprint density at radius 3 is 3.00 bits per heavy atom. The van der Waals surface area contributed by atoms with Crippen LogP contribution in [-0.4, -0.2) is 11.5 Å². The minimum atomic E-state index is 0.232. The fourth-order valence-corrected chi connectivity index (χ4v) is 2.57. The van der Waals surface area contributed by atoms with Gasteiger partial charge in [-0.2, -0.15) is 0 Å². The molecule has 1 atom stereocenters. The summed E-state index contributed by atoms with van der Waals surface area (Å²) < 4.78 is 5.49. The summed E-state index contributed by atoms with van der Waals surface area (Å²) >= 11 is 1.72. The first-order chi connectivity index (χ1) is 8.29. The molecule has 0 aliphatic heterocycles. The standard InChI is InChI=1S/C13H18N2OS/c1-3-6-14-11(12-5-4-7-16-12)8-13-15-10(2)9-17-13/h4-5,7,9,11,14H,3,6,8H2,1-2H3. The van der Waals surface area contributed by atoms with E-state index in [2.05, 4.69) is 22.6 Å². The first kappa shape index (κ1) is 12.3. The lowest BCUT2D eigenvalue weighted by Gasteiger charge is -2.14. The van der Waals surface area contributed by atoms with E-state index in [1.54, 1.807) is 17.6 Å². The van der Waals surface area contributed by atoms with Gasteiger partial charge in [0.05, 0.1) is 17.3 Å². The van der Waals surface area contributed by atoms with Gasteiger partial charge in [-0.3, -0.25) is 0 Å². The monoisotopic (exact) mass is 250 g/mol. The van der Waals surface area contributed by atoms with E-state index in [4.69, 9.17) is 4.42 Å². The fourth-order valence-electron chi connectivity index (χ4n) is 1.75. The molecule has 1 N–H and O–H groups in total. The summed E-state index contributed by atoms with van der Waals surface area (Å²) in [6.07, 6.45) is 3.74. The maximum atomic E-state index is 5.49. The molecule has 2 rings (SSSR count). The van der Waals surface area contributed by atoms with Crippen molar-refractivity contribution in [1.29, 1.82) is 0 Å². The second-order valence-corrected chi connectivity index (χ2v) is 5.05. The third-order valence-electron chi connectivity index (χ3n) is 2.57. The normalized spacial score (nSPS) is 12.8. The van der Waals surface area contributed by atoms with Crippen LogP contribution in [0.25, 0.3) is 0 Å². The lowest BCUT2D eigenvalue weighted by atomic mass is 10.1. The van der Waals surface area contributed by atoms with Crippen molar-refractivity contribution >= 4 is 11.3 Å². The summed E-state index contributed by atoms with van der Waals surface area (Å²) in [5, 5.41) is 6.75. The Balaban J connectivity index is 2.05. The van der Waals surface area contributed by atoms with Crippen LogP contribution in [0.3, 0.4) is 0 Å². The Kier molecular flexibility index (Phi) is 4.34. The van der Waals surface area contributed by atoms with Gasteiger partial charge in [-0.05, 0) is 32.0 Å². The highest BCUT2D eigenvalue weighted by Gasteiger charge is 2.15. The summed E-state index contributed by atoms with van der Waals surface area (Å²) in [5.41, 5.74) is 1.10. The zero-order valence-corrected chi connectivity index (χ0v) is 11.1. The topological polar surface area (TPSA) is 38.1 Å². The zero-order chi connectivity index (χ0) is 12.1. The molecule has 4 heteroatoms. The van der Waals surface area contributed by atoms with Crippen LogP contribution in [-0.2, 0) is 6.42 Å². The van der Waals surface area contributed by atoms with Crippen LogP contribution < -0.4 is 5.32 Å². The van der Waals surface area contributed by atoms with Crippen LogP contribution in [0.1, 0.15) is 35.8 Å². The molecule has 0 aliphatic rings. The molecule has 3 nitrogen and oxygen atoms in total. The Morgan fingerprint density at radius 2 is 2.41 bits per heavy atom. The SMILES string of the molecule is CCCNC(Cc1nc(C)cs1)c1ccco1. The molecule has 0 spiro atoms. The molecule has 0 fully saturated rings. The van der Waals surface area contributed by atoms with Crippen LogP contribution in [0.15, 0.2) is 28.2 Å². The second-order valence-electron chi connectivity index (χ2n) is 4.11. The third-order valence-corrected chi connectivity index (χ3v) is 3.56. The minimum absolute atomic E-state index is 0.232. The van der Waals surface area contributed by atoms with Crippen LogP contribution >= 0.6 is 11.3 Å². The van der Waals surface area contributed by atoms with E-state index in [1.807, 2.05) is 19.1 Å². The highest BCUT2D eigenvalue weighted by Crippen LogP contribution is 2.21. The number of aryl methyl sites for hydroxylation is 1. The van der Waals surface area contributed by atoms with Gasteiger partial charge in [-0.25, -0.2) is 4.98 Å². The highest BCUT2D eigenvalue weighted by molar-refractivity contribution is 7.09. The first-order valence-electron chi connectivity index (χ1n) is 5.97. The average Bonchev–Trinajstić information content (AvgIpc) is 2.95. The molecule has 17 heavy (non-hydrogen) atoms. The van der Waals surface area contributed by atoms with Crippen LogP contribution in [0, 0.1) is 6.92 Å². The van der Waals surface area contributed by atoms with Crippen molar-refractivity contribution in [2.45, 2.75) is 32.7 Å². The number of nitrogens with one attached hydrogen (secondary N) is 1. The lowest BCUT2D eigenvalue weighted by molar-refractivity contribution is 0.410. The number of rotatable bonds is 6. The van der Waals surface area contributed by atoms with Crippen LogP contribution in [0.4, 0.5) is 0 Å². The Labute approximate surface area is 106 Å². The number of furan rings is 1. The number of thiazole rings is 1. The molecule has 0 bridgehead atoms. The van der Waals surface area contributed by atoms with E-state index >= 15 is 0 Å². The van der Waals surface area contributed by atoms with Crippen LogP contribution in [0.2, 0.25) is 0 Å². The van der Waals surface area contributed by atoms with E-state index in [0.29, 0.717) is 0 Å². The van der Waals surface area contributed by atoms with Crippen molar-refractivity contribution in [1.82, 2.24) is 10.3 Å². The number of hydrogen-bond donors (Lipinski definition) is 1. The van der Waals surface area contributed by atoms with Gasteiger partial charge in [0, 0.05) is 17.5 Å². The van der Waals surface area contributed by atoms with Gasteiger partial charge in [0.15, 0.2) is 0 Å². The van der Waals surface area contributed by atoms with E-state index < -0.39 is 0 Å². The number of nitrogens with zero attached hydrogens (tertiary/aromatic N) is 1. The molecule has 0 saturated heterocycles. The Morgan fingerprint density at radius 1 is 1.53 bits per heavy atom. The number of hydrogen-bond acceptors (Lipinski definition) is 4. The summed E-state index contributed by atoms with van der Waals surface area (Å²) in [6, 6.07) is 4.19. The molecular weight excluding hydrogens is 232 g/mol. The smallest absolute Gasteiger partial charge is 0.121 e. The van der Waals surface area contributed by atoms with Gasteiger partial charge in [-0.1, -0.05) is 6.92 Å². The van der Waals surface area contributed by atoms with Crippen molar-refractivity contribution in [3.8, 4) is 0 Å². The molecular formula is C13H18N2OS. The van der Waals surface area contributed by atoms with Gasteiger partial charge in [0.1, 0.15) is 5.76 Å². The van der Waals surface area contributed by atoms with Crippen molar-refractivity contribution in [2.24, 2.45) is 0 Å². The quantitative estimate of drug-likeness (QED) is 0.854. The molecule has 0 radical (unpaired) electrons. The highest BCUT2D eigenvalue weighted by atomic mass is 32.1. The van der Waals surface area contributed by atoms with Gasteiger partial charge in [0.2, 0.25) is 0 Å². The molecule has 2 aromatic heterocycles. The van der Waals surface area contributed by atoms with E-state index in [-0.39, 0.29) is 6.04 Å². The van der Waals surface area contributed by atoms with E-state index in [9.17, 15) is 0 Å². The predicted octanol–water partition coefficient (Wildman–Crippen LogP) is 3.33. The Bertz CT molecular complexity index is 436. The molecule has 1 unspecified atom stereocenters. The second kappa shape index (κ2) is 5.98. The van der Waals surface area contributed by atoms with Crippen LogP contribution in [0.5, 0.6) is 0 Å². The first-order valence-corrected chi connectivity index (χ1v) is 6.85. The Hall–Kier alpha value is -1.13. The molecule has 92 valence electrons. The summed E-state index contributed by atoms with van der Waals surface area (Å²) in [5.74, 6) is 0.992. The van der Waals surface area contributed by atoms with Crippen molar-refractivity contribution in [3.63, 3.8) is 0 Å². The molecule has 0 aromatic carbocycles. The zero-order valence-electron chi connectivity index (χ0n) is 10.3. The van der Waals surface area contributed by atoms with Crippen molar-refractivity contribution in [2.75, 3.05) is 6.54 Å². The maximum absolute atomic E-state index is 5.49. The summed E-state index contributed by atoms with van der Waals surface area (Å²) in [7, 11) is 0. The average molecular weight is 250 g/mol. The fraction of sp³-hybridized carbons (Fsp3) is 0.462. The number of aromatic nitrogens is 1. The van der Waals surface area contributed by atoms with Crippen molar-refractivity contribution in [3.05, 3.63) is 40.2 Å². The van der Waals surface area contributed by atoms with E-state index in [1.165, 1.54) is 0 Å².